The number of fused-ring (bicyclic) bond motifs is 1. The molecule has 2 amide bonds. The number of piperidine rings is 1. The molecule has 0 aliphatic carbocycles. The minimum atomic E-state index is -0.143. The molecule has 2 heterocycles. The molecule has 0 bridgehead atoms. The molecule has 4 rings (SSSR count). The van der Waals surface area contributed by atoms with Crippen molar-refractivity contribution in [3.8, 4) is 0 Å². The molecule has 168 valence electrons. The number of carbonyl (C=O) groups excluding carboxylic acids is 2. The van der Waals surface area contributed by atoms with Gasteiger partial charge in [-0.15, -0.1) is 0 Å². The second-order valence-corrected chi connectivity index (χ2v) is 9.47. The molecular formula is C26H31N3O2S. The fourth-order valence-electron chi connectivity index (χ4n) is 4.41. The number of nitrogens with one attached hydrogen (secondary N) is 2. The molecule has 0 radical (unpaired) electrons. The molecule has 0 spiro atoms. The van der Waals surface area contributed by atoms with Crippen molar-refractivity contribution < 1.29 is 9.59 Å². The maximum atomic E-state index is 12.6. The van der Waals surface area contributed by atoms with Crippen molar-refractivity contribution in [2.75, 3.05) is 25.0 Å². The van der Waals surface area contributed by atoms with E-state index in [1.165, 1.54) is 44.0 Å². The summed E-state index contributed by atoms with van der Waals surface area (Å²) < 4.78 is 0. The SMILES string of the molecule is CCC1CCCCN1CCCNC(=O)c1ccc2c(c1)NC(=O)C(=Cc1ccccc1)S2. The number of rotatable bonds is 7. The summed E-state index contributed by atoms with van der Waals surface area (Å²) >= 11 is 1.43. The lowest BCUT2D eigenvalue weighted by atomic mass is 10.00. The van der Waals surface area contributed by atoms with Crippen LogP contribution in [-0.2, 0) is 4.79 Å². The van der Waals surface area contributed by atoms with E-state index in [1.807, 2.05) is 48.5 Å². The summed E-state index contributed by atoms with van der Waals surface area (Å²) in [5, 5.41) is 5.97. The zero-order valence-corrected chi connectivity index (χ0v) is 19.4. The van der Waals surface area contributed by atoms with Crippen molar-refractivity contribution in [3.63, 3.8) is 0 Å². The Morgan fingerprint density at radius 3 is 2.88 bits per heavy atom. The number of anilines is 1. The van der Waals surface area contributed by atoms with Gasteiger partial charge in [0.15, 0.2) is 0 Å². The molecule has 32 heavy (non-hydrogen) atoms. The van der Waals surface area contributed by atoms with Crippen LogP contribution in [0.1, 0.15) is 54.9 Å². The predicted molar refractivity (Wildman–Crippen MR) is 132 cm³/mol. The van der Waals surface area contributed by atoms with Crippen LogP contribution >= 0.6 is 11.8 Å². The van der Waals surface area contributed by atoms with E-state index >= 15 is 0 Å². The van der Waals surface area contributed by atoms with E-state index in [0.717, 1.165) is 23.4 Å². The number of likely N-dealkylation sites (tertiary alicyclic amines) is 1. The standard InChI is InChI=1S/C26H31N3O2S/c1-2-21-11-6-7-15-29(21)16-8-14-27-25(30)20-12-13-23-22(18-20)28-26(31)24(32-23)17-19-9-4-3-5-10-19/h3-5,9-10,12-13,17-18,21H,2,6-8,11,14-16H2,1H3,(H,27,30)(H,28,31). The smallest absolute Gasteiger partial charge is 0.262 e. The van der Waals surface area contributed by atoms with Gasteiger partial charge in [0.25, 0.3) is 11.8 Å². The van der Waals surface area contributed by atoms with Gasteiger partial charge in [0.05, 0.1) is 10.6 Å². The first-order chi connectivity index (χ1) is 15.6. The van der Waals surface area contributed by atoms with Crippen molar-refractivity contribution >= 4 is 35.3 Å². The van der Waals surface area contributed by atoms with Crippen LogP contribution in [0, 0.1) is 0 Å². The minimum Gasteiger partial charge on any atom is -0.352 e. The quantitative estimate of drug-likeness (QED) is 0.453. The van der Waals surface area contributed by atoms with Crippen molar-refractivity contribution in [1.29, 1.82) is 0 Å². The Bertz CT molecular complexity index is 990. The Hall–Kier alpha value is -2.57. The van der Waals surface area contributed by atoms with Gasteiger partial charge in [-0.1, -0.05) is 55.4 Å². The summed E-state index contributed by atoms with van der Waals surface area (Å²) in [5.41, 5.74) is 2.25. The lowest BCUT2D eigenvalue weighted by Crippen LogP contribution is -2.40. The summed E-state index contributed by atoms with van der Waals surface area (Å²) in [5.74, 6) is -0.237. The van der Waals surface area contributed by atoms with Gasteiger partial charge >= 0.3 is 0 Å². The van der Waals surface area contributed by atoms with Gasteiger partial charge in [0.1, 0.15) is 0 Å². The largest absolute Gasteiger partial charge is 0.352 e. The Balaban J connectivity index is 1.32. The Kier molecular flexibility index (Phi) is 7.66. The Labute approximate surface area is 194 Å². The van der Waals surface area contributed by atoms with Crippen LogP contribution in [0.5, 0.6) is 0 Å². The van der Waals surface area contributed by atoms with Crippen LogP contribution in [0.2, 0.25) is 0 Å². The van der Waals surface area contributed by atoms with Gasteiger partial charge in [-0.05, 0) is 62.1 Å². The number of nitrogens with zero attached hydrogens (tertiary/aromatic N) is 1. The molecule has 6 heteroatoms. The number of amides is 2. The molecule has 2 aromatic carbocycles. The normalized spacial score (nSPS) is 20.0. The van der Waals surface area contributed by atoms with Crippen molar-refractivity contribution in [2.45, 2.75) is 50.0 Å². The molecular weight excluding hydrogens is 418 g/mol. The second-order valence-electron chi connectivity index (χ2n) is 8.39. The van der Waals surface area contributed by atoms with Crippen LogP contribution < -0.4 is 10.6 Å². The van der Waals surface area contributed by atoms with E-state index in [1.54, 1.807) is 6.07 Å². The molecule has 0 aromatic heterocycles. The summed E-state index contributed by atoms with van der Waals surface area (Å²) in [4.78, 5) is 29.3. The highest BCUT2D eigenvalue weighted by Crippen LogP contribution is 2.39. The molecule has 2 aromatic rings. The summed E-state index contributed by atoms with van der Waals surface area (Å²) in [6, 6.07) is 16.0. The van der Waals surface area contributed by atoms with E-state index in [4.69, 9.17) is 0 Å². The van der Waals surface area contributed by atoms with E-state index in [0.29, 0.717) is 28.7 Å². The fraction of sp³-hybridized carbons (Fsp3) is 0.385. The molecule has 2 N–H and O–H groups in total. The topological polar surface area (TPSA) is 61.4 Å². The van der Waals surface area contributed by atoms with Gasteiger partial charge < -0.3 is 15.5 Å². The third kappa shape index (κ3) is 5.61. The van der Waals surface area contributed by atoms with E-state index < -0.39 is 0 Å². The average molecular weight is 450 g/mol. The first-order valence-electron chi connectivity index (χ1n) is 11.6. The van der Waals surface area contributed by atoms with Gasteiger partial charge in [0, 0.05) is 29.6 Å². The van der Waals surface area contributed by atoms with Crippen LogP contribution in [0.25, 0.3) is 6.08 Å². The first kappa shape index (κ1) is 22.6. The lowest BCUT2D eigenvalue weighted by Gasteiger charge is -2.35. The zero-order chi connectivity index (χ0) is 22.3. The fourth-order valence-corrected chi connectivity index (χ4v) is 5.34. The number of thioether (sulfide) groups is 1. The van der Waals surface area contributed by atoms with E-state index in [2.05, 4.69) is 22.5 Å². The van der Waals surface area contributed by atoms with Crippen molar-refractivity contribution in [1.82, 2.24) is 10.2 Å². The van der Waals surface area contributed by atoms with Crippen molar-refractivity contribution in [2.24, 2.45) is 0 Å². The van der Waals surface area contributed by atoms with Crippen LogP contribution in [-0.4, -0.2) is 42.4 Å². The lowest BCUT2D eigenvalue weighted by molar-refractivity contribution is -0.112. The third-order valence-electron chi connectivity index (χ3n) is 6.16. The number of hydrogen-bond donors (Lipinski definition) is 2. The first-order valence-corrected chi connectivity index (χ1v) is 12.4. The Morgan fingerprint density at radius 2 is 2.06 bits per heavy atom. The Morgan fingerprint density at radius 1 is 1.22 bits per heavy atom. The second kappa shape index (κ2) is 10.8. The molecule has 2 aliphatic heterocycles. The number of benzene rings is 2. The minimum absolute atomic E-state index is 0.0941. The van der Waals surface area contributed by atoms with Gasteiger partial charge in [-0.3, -0.25) is 9.59 Å². The van der Waals surface area contributed by atoms with Gasteiger partial charge in [-0.2, -0.15) is 0 Å². The number of carbonyl (C=O) groups is 2. The molecule has 2 aliphatic rings. The van der Waals surface area contributed by atoms with Gasteiger partial charge in [0.2, 0.25) is 0 Å². The highest BCUT2D eigenvalue weighted by molar-refractivity contribution is 8.04. The number of hydrogen-bond acceptors (Lipinski definition) is 4. The zero-order valence-electron chi connectivity index (χ0n) is 18.6. The molecule has 0 saturated carbocycles. The summed E-state index contributed by atoms with van der Waals surface area (Å²) in [7, 11) is 0. The average Bonchev–Trinajstić information content (AvgIpc) is 2.82. The van der Waals surface area contributed by atoms with E-state index in [-0.39, 0.29) is 11.8 Å². The van der Waals surface area contributed by atoms with E-state index in [9.17, 15) is 9.59 Å². The maximum Gasteiger partial charge on any atom is 0.262 e. The summed E-state index contributed by atoms with van der Waals surface area (Å²) in [6.07, 6.45) is 7.95. The summed E-state index contributed by atoms with van der Waals surface area (Å²) in [6.45, 7) is 5.13. The monoisotopic (exact) mass is 449 g/mol. The molecule has 1 atom stereocenters. The highest BCUT2D eigenvalue weighted by atomic mass is 32.2. The molecule has 1 unspecified atom stereocenters. The van der Waals surface area contributed by atoms with Gasteiger partial charge in [-0.25, -0.2) is 0 Å². The molecule has 1 fully saturated rings. The molecule has 5 nitrogen and oxygen atoms in total. The highest BCUT2D eigenvalue weighted by Gasteiger charge is 2.23. The van der Waals surface area contributed by atoms with Crippen LogP contribution in [0.3, 0.4) is 0 Å². The van der Waals surface area contributed by atoms with Crippen molar-refractivity contribution in [3.05, 3.63) is 64.6 Å². The van der Waals surface area contributed by atoms with Crippen LogP contribution in [0.15, 0.2) is 58.3 Å². The molecule has 1 saturated heterocycles. The maximum absolute atomic E-state index is 12.6. The predicted octanol–water partition coefficient (Wildman–Crippen LogP) is 5.16. The third-order valence-corrected chi connectivity index (χ3v) is 7.26. The van der Waals surface area contributed by atoms with Crippen LogP contribution in [0.4, 0.5) is 5.69 Å².